The van der Waals surface area contributed by atoms with Crippen LogP contribution in [0.15, 0.2) is 18.2 Å². The fourth-order valence-electron chi connectivity index (χ4n) is 2.99. The minimum atomic E-state index is -0.339. The van der Waals surface area contributed by atoms with Crippen LogP contribution in [0.25, 0.3) is 0 Å². The topological polar surface area (TPSA) is 64.3 Å². The van der Waals surface area contributed by atoms with Crippen LogP contribution in [0.3, 0.4) is 0 Å². The van der Waals surface area contributed by atoms with Gasteiger partial charge in [0.1, 0.15) is 0 Å². The highest BCUT2D eigenvalue weighted by Crippen LogP contribution is 2.49. The molecular formula is C16H22N2O2. The Hall–Kier alpha value is -1.71. The Morgan fingerprint density at radius 2 is 2.00 bits per heavy atom. The van der Waals surface area contributed by atoms with E-state index in [-0.39, 0.29) is 5.97 Å². The Bertz CT molecular complexity index is 495. The molecule has 2 aliphatic rings. The second-order valence-corrected chi connectivity index (χ2v) is 6.02. The number of rotatable bonds is 6. The number of carbonyl (C=O) groups excluding carboxylic acids is 1. The lowest BCUT2D eigenvalue weighted by atomic mass is 9.97. The van der Waals surface area contributed by atoms with E-state index in [1.807, 2.05) is 12.1 Å². The van der Waals surface area contributed by atoms with E-state index in [1.165, 1.54) is 32.8 Å². The maximum absolute atomic E-state index is 11.8. The molecule has 0 amide bonds. The highest BCUT2D eigenvalue weighted by molar-refractivity contribution is 5.96. The van der Waals surface area contributed by atoms with E-state index < -0.39 is 0 Å². The number of ether oxygens (including phenoxy) is 1. The summed E-state index contributed by atoms with van der Waals surface area (Å²) in [7, 11) is 1.40. The molecular weight excluding hydrogens is 252 g/mol. The predicted molar refractivity (Wildman–Crippen MR) is 79.6 cm³/mol. The van der Waals surface area contributed by atoms with E-state index in [4.69, 9.17) is 10.5 Å². The highest BCUT2D eigenvalue weighted by atomic mass is 16.5. The number of nitrogens with two attached hydrogens (primary N) is 1. The van der Waals surface area contributed by atoms with Gasteiger partial charge in [0.25, 0.3) is 0 Å². The quantitative estimate of drug-likeness (QED) is 0.618. The van der Waals surface area contributed by atoms with Crippen LogP contribution >= 0.6 is 0 Å². The Balaban J connectivity index is 1.71. The Morgan fingerprint density at radius 1 is 1.35 bits per heavy atom. The van der Waals surface area contributed by atoms with Crippen molar-refractivity contribution in [3.63, 3.8) is 0 Å². The summed E-state index contributed by atoms with van der Waals surface area (Å²) in [4.78, 5) is 11.8. The van der Waals surface area contributed by atoms with E-state index in [2.05, 4.69) is 5.32 Å². The molecule has 0 heterocycles. The van der Waals surface area contributed by atoms with E-state index in [1.54, 1.807) is 6.07 Å². The molecule has 1 aromatic carbocycles. The molecule has 108 valence electrons. The van der Waals surface area contributed by atoms with Crippen LogP contribution < -0.4 is 11.1 Å². The van der Waals surface area contributed by atoms with Crippen LogP contribution in [0.2, 0.25) is 0 Å². The number of methoxy groups -OCH3 is 1. The van der Waals surface area contributed by atoms with Gasteiger partial charge in [0, 0.05) is 17.9 Å². The molecule has 3 N–H and O–H groups in total. The van der Waals surface area contributed by atoms with Gasteiger partial charge in [-0.25, -0.2) is 4.79 Å². The van der Waals surface area contributed by atoms with Crippen LogP contribution in [0.1, 0.15) is 36.0 Å². The summed E-state index contributed by atoms with van der Waals surface area (Å²) in [6, 6.07) is 5.37. The average molecular weight is 274 g/mol. The third kappa shape index (κ3) is 2.89. The number of hydrogen-bond acceptors (Lipinski definition) is 4. The number of anilines is 2. The number of hydrogen-bond donors (Lipinski definition) is 2. The van der Waals surface area contributed by atoms with Gasteiger partial charge in [-0.1, -0.05) is 0 Å². The van der Waals surface area contributed by atoms with Gasteiger partial charge in [-0.3, -0.25) is 0 Å². The zero-order chi connectivity index (χ0) is 14.1. The van der Waals surface area contributed by atoms with Crippen LogP contribution in [0, 0.1) is 17.8 Å². The first-order chi connectivity index (χ1) is 9.69. The maximum atomic E-state index is 11.8. The van der Waals surface area contributed by atoms with Gasteiger partial charge >= 0.3 is 5.97 Å². The van der Waals surface area contributed by atoms with Gasteiger partial charge in [-0.2, -0.15) is 0 Å². The number of carbonyl (C=O) groups is 1. The molecule has 0 spiro atoms. The molecule has 0 aromatic heterocycles. The van der Waals surface area contributed by atoms with E-state index in [0.29, 0.717) is 11.3 Å². The van der Waals surface area contributed by atoms with Gasteiger partial charge in [0.2, 0.25) is 0 Å². The minimum absolute atomic E-state index is 0.339. The molecule has 0 aliphatic heterocycles. The Labute approximate surface area is 119 Å². The van der Waals surface area contributed by atoms with Gasteiger partial charge in [0.05, 0.1) is 12.7 Å². The summed E-state index contributed by atoms with van der Waals surface area (Å²) in [5.74, 6) is 2.21. The smallest absolute Gasteiger partial charge is 0.340 e. The third-order valence-corrected chi connectivity index (χ3v) is 4.43. The molecule has 0 saturated heterocycles. The van der Waals surface area contributed by atoms with Crippen LogP contribution in [-0.4, -0.2) is 19.6 Å². The Morgan fingerprint density at radius 3 is 2.55 bits per heavy atom. The first-order valence-electron chi connectivity index (χ1n) is 7.40. The van der Waals surface area contributed by atoms with Crippen LogP contribution in [-0.2, 0) is 4.74 Å². The molecule has 0 radical (unpaired) electrons. The molecule has 20 heavy (non-hydrogen) atoms. The molecule has 2 aliphatic carbocycles. The van der Waals surface area contributed by atoms with Crippen molar-refractivity contribution in [3.8, 4) is 0 Å². The fourth-order valence-corrected chi connectivity index (χ4v) is 2.99. The first kappa shape index (κ1) is 13.3. The number of esters is 1. The van der Waals surface area contributed by atoms with Crippen molar-refractivity contribution in [3.05, 3.63) is 23.8 Å². The van der Waals surface area contributed by atoms with Gasteiger partial charge in [0.15, 0.2) is 0 Å². The SMILES string of the molecule is COC(=O)c1cc(N)ccc1NCC(C1CC1)C1CC1. The molecule has 1 aromatic rings. The molecule has 3 rings (SSSR count). The van der Waals surface area contributed by atoms with E-state index >= 15 is 0 Å². The summed E-state index contributed by atoms with van der Waals surface area (Å²) in [5, 5.41) is 3.44. The molecule has 4 nitrogen and oxygen atoms in total. The predicted octanol–water partition coefficient (Wildman–Crippen LogP) is 2.90. The summed E-state index contributed by atoms with van der Waals surface area (Å²) in [6.45, 7) is 0.948. The number of benzene rings is 1. The largest absolute Gasteiger partial charge is 0.465 e. The molecule has 0 bridgehead atoms. The summed E-state index contributed by atoms with van der Waals surface area (Å²) in [6.07, 6.45) is 5.48. The molecule has 0 unspecified atom stereocenters. The molecule has 2 saturated carbocycles. The maximum Gasteiger partial charge on any atom is 0.340 e. The minimum Gasteiger partial charge on any atom is -0.465 e. The lowest BCUT2D eigenvalue weighted by Gasteiger charge is -2.18. The van der Waals surface area contributed by atoms with Crippen molar-refractivity contribution in [1.82, 2.24) is 0 Å². The molecule has 4 heteroatoms. The van der Waals surface area contributed by atoms with Crippen molar-refractivity contribution < 1.29 is 9.53 Å². The Kier molecular flexibility index (Phi) is 3.55. The summed E-state index contributed by atoms with van der Waals surface area (Å²) < 4.78 is 4.82. The summed E-state index contributed by atoms with van der Waals surface area (Å²) >= 11 is 0. The van der Waals surface area contributed by atoms with Crippen molar-refractivity contribution >= 4 is 17.3 Å². The van der Waals surface area contributed by atoms with E-state index in [0.717, 1.165) is 30.0 Å². The van der Waals surface area contributed by atoms with Gasteiger partial charge in [-0.05, 0) is 61.6 Å². The van der Waals surface area contributed by atoms with Crippen LogP contribution in [0.4, 0.5) is 11.4 Å². The first-order valence-corrected chi connectivity index (χ1v) is 7.40. The number of nitrogens with one attached hydrogen (secondary N) is 1. The second kappa shape index (κ2) is 5.35. The van der Waals surface area contributed by atoms with Crippen molar-refractivity contribution in [2.24, 2.45) is 17.8 Å². The zero-order valence-corrected chi connectivity index (χ0v) is 11.9. The van der Waals surface area contributed by atoms with Crippen LogP contribution in [0.5, 0.6) is 0 Å². The number of nitrogen functional groups attached to an aromatic ring is 1. The normalized spacial score (nSPS) is 18.1. The standard InChI is InChI=1S/C16H22N2O2/c1-20-16(19)13-8-12(17)6-7-15(13)18-9-14(10-2-3-10)11-4-5-11/h6-8,10-11,14,18H,2-5,9,17H2,1H3. The van der Waals surface area contributed by atoms with Crippen molar-refractivity contribution in [2.75, 3.05) is 24.7 Å². The highest BCUT2D eigenvalue weighted by Gasteiger charge is 2.41. The second-order valence-electron chi connectivity index (χ2n) is 6.02. The average Bonchev–Trinajstić information content (AvgIpc) is 3.32. The van der Waals surface area contributed by atoms with Crippen molar-refractivity contribution in [1.29, 1.82) is 0 Å². The van der Waals surface area contributed by atoms with Gasteiger partial charge < -0.3 is 15.8 Å². The van der Waals surface area contributed by atoms with E-state index in [9.17, 15) is 4.79 Å². The summed E-state index contributed by atoms with van der Waals surface area (Å²) in [5.41, 5.74) is 7.69. The van der Waals surface area contributed by atoms with Crippen molar-refractivity contribution in [2.45, 2.75) is 25.7 Å². The fraction of sp³-hybridized carbons (Fsp3) is 0.562. The lowest BCUT2D eigenvalue weighted by Crippen LogP contribution is -2.19. The third-order valence-electron chi connectivity index (χ3n) is 4.43. The lowest BCUT2D eigenvalue weighted by molar-refractivity contribution is 0.0602. The molecule has 0 atom stereocenters. The zero-order valence-electron chi connectivity index (χ0n) is 11.9. The van der Waals surface area contributed by atoms with Gasteiger partial charge in [-0.15, -0.1) is 0 Å². The monoisotopic (exact) mass is 274 g/mol. The molecule has 2 fully saturated rings.